The summed E-state index contributed by atoms with van der Waals surface area (Å²) in [4.78, 5) is 0. The maximum atomic E-state index is 13.1. The van der Waals surface area contributed by atoms with Crippen LogP contribution in [-0.4, -0.2) is 7.11 Å². The van der Waals surface area contributed by atoms with Gasteiger partial charge in [-0.1, -0.05) is 11.6 Å². The lowest BCUT2D eigenvalue weighted by Crippen LogP contribution is -1.98. The fraction of sp³-hybridized carbons (Fsp3) is 0.300. The Balaban J connectivity index is 3.37. The van der Waals surface area contributed by atoms with E-state index in [0.29, 0.717) is 11.3 Å². The number of rotatable bonds is 2. The van der Waals surface area contributed by atoms with Crippen LogP contribution in [0.5, 0.6) is 5.75 Å². The number of nitrogens with zero attached hydrogens (tertiary/aromatic N) is 1. The molecule has 0 saturated carbocycles. The van der Waals surface area contributed by atoms with E-state index in [0.717, 1.165) is 0 Å². The highest BCUT2D eigenvalue weighted by molar-refractivity contribution is 6.31. The van der Waals surface area contributed by atoms with Gasteiger partial charge < -0.3 is 4.74 Å². The van der Waals surface area contributed by atoms with Crippen molar-refractivity contribution in [3.8, 4) is 11.8 Å². The topological polar surface area (TPSA) is 33.0 Å². The van der Waals surface area contributed by atoms with Crippen molar-refractivity contribution < 1.29 is 9.13 Å². The highest BCUT2D eigenvalue weighted by Gasteiger charge is 2.17. The predicted molar refractivity (Wildman–Crippen MR) is 52.0 cm³/mol. The third kappa shape index (κ3) is 1.80. The number of hydrogen-bond donors (Lipinski definition) is 0. The maximum absolute atomic E-state index is 13.1. The van der Waals surface area contributed by atoms with Gasteiger partial charge in [-0.25, -0.2) is 4.39 Å². The molecular formula is C10H9ClFNO. The highest BCUT2D eigenvalue weighted by atomic mass is 35.5. The largest absolute Gasteiger partial charge is 0.496 e. The second-order valence-electron chi connectivity index (χ2n) is 2.83. The standard InChI is InChI=1S/C10H9ClFNO/c1-6(5-13)9-8(14-2)4-3-7(12)10(9)11/h3-4,6H,1-2H3. The average Bonchev–Trinajstić information content (AvgIpc) is 2.20. The molecule has 0 saturated heterocycles. The van der Waals surface area contributed by atoms with E-state index in [1.54, 1.807) is 6.92 Å². The number of methoxy groups -OCH3 is 1. The lowest BCUT2D eigenvalue weighted by molar-refractivity contribution is 0.407. The molecule has 4 heteroatoms. The van der Waals surface area contributed by atoms with Crippen molar-refractivity contribution in [3.05, 3.63) is 28.5 Å². The molecule has 14 heavy (non-hydrogen) atoms. The minimum atomic E-state index is -0.537. The van der Waals surface area contributed by atoms with Crippen molar-refractivity contribution in [1.29, 1.82) is 5.26 Å². The monoisotopic (exact) mass is 213 g/mol. The molecule has 1 aromatic rings. The van der Waals surface area contributed by atoms with Crippen LogP contribution in [0.4, 0.5) is 4.39 Å². The molecule has 2 nitrogen and oxygen atoms in total. The second-order valence-corrected chi connectivity index (χ2v) is 3.21. The molecule has 1 rings (SSSR count). The lowest BCUT2D eigenvalue weighted by Gasteiger charge is -2.12. The molecule has 0 fully saturated rings. The van der Waals surface area contributed by atoms with Crippen LogP contribution in [-0.2, 0) is 0 Å². The highest BCUT2D eigenvalue weighted by Crippen LogP contribution is 2.34. The molecule has 0 N–H and O–H groups in total. The van der Waals surface area contributed by atoms with Crippen LogP contribution in [0, 0.1) is 17.1 Å². The fourth-order valence-corrected chi connectivity index (χ4v) is 1.51. The smallest absolute Gasteiger partial charge is 0.142 e. The quantitative estimate of drug-likeness (QED) is 0.756. The molecular weight excluding hydrogens is 205 g/mol. The molecule has 1 unspecified atom stereocenters. The van der Waals surface area contributed by atoms with E-state index in [1.807, 2.05) is 6.07 Å². The average molecular weight is 214 g/mol. The van der Waals surface area contributed by atoms with E-state index < -0.39 is 11.7 Å². The first-order valence-corrected chi connectivity index (χ1v) is 4.41. The summed E-state index contributed by atoms with van der Waals surface area (Å²) in [5.41, 5.74) is 0.400. The van der Waals surface area contributed by atoms with Crippen molar-refractivity contribution >= 4 is 11.6 Å². The summed E-state index contributed by atoms with van der Waals surface area (Å²) in [5, 5.41) is 8.69. The molecule has 0 radical (unpaired) electrons. The van der Waals surface area contributed by atoms with Gasteiger partial charge in [-0.3, -0.25) is 0 Å². The zero-order valence-electron chi connectivity index (χ0n) is 7.84. The van der Waals surface area contributed by atoms with Crippen LogP contribution in [0.1, 0.15) is 18.4 Å². The Labute approximate surface area is 86.9 Å². The predicted octanol–water partition coefficient (Wildman–Crippen LogP) is 3.11. The number of nitriles is 1. The Morgan fingerprint density at radius 2 is 2.21 bits per heavy atom. The molecule has 0 aromatic heterocycles. The summed E-state index contributed by atoms with van der Waals surface area (Å²) < 4.78 is 18.1. The minimum Gasteiger partial charge on any atom is -0.496 e. The van der Waals surface area contributed by atoms with Gasteiger partial charge in [0.25, 0.3) is 0 Å². The van der Waals surface area contributed by atoms with E-state index in [2.05, 4.69) is 0 Å². The van der Waals surface area contributed by atoms with Crippen LogP contribution in [0.15, 0.2) is 12.1 Å². The van der Waals surface area contributed by atoms with Gasteiger partial charge in [0.05, 0.1) is 24.1 Å². The van der Waals surface area contributed by atoms with Crippen molar-refractivity contribution in [3.63, 3.8) is 0 Å². The van der Waals surface area contributed by atoms with Crippen LogP contribution >= 0.6 is 11.6 Å². The van der Waals surface area contributed by atoms with Crippen LogP contribution in [0.3, 0.4) is 0 Å². The summed E-state index contributed by atoms with van der Waals surface area (Å²) in [6.07, 6.45) is 0. The molecule has 0 heterocycles. The molecule has 0 aliphatic carbocycles. The summed E-state index contributed by atoms with van der Waals surface area (Å²) >= 11 is 5.74. The summed E-state index contributed by atoms with van der Waals surface area (Å²) in [6, 6.07) is 4.67. The molecule has 1 atom stereocenters. The van der Waals surface area contributed by atoms with Crippen molar-refractivity contribution in [1.82, 2.24) is 0 Å². The molecule has 0 bridgehead atoms. The van der Waals surface area contributed by atoms with Gasteiger partial charge in [-0.2, -0.15) is 5.26 Å². The molecule has 74 valence electrons. The lowest BCUT2D eigenvalue weighted by atomic mass is 10.0. The van der Waals surface area contributed by atoms with E-state index in [1.165, 1.54) is 19.2 Å². The van der Waals surface area contributed by atoms with Crippen LogP contribution < -0.4 is 4.74 Å². The summed E-state index contributed by atoms with van der Waals surface area (Å²) in [5.74, 6) is -0.594. The van der Waals surface area contributed by atoms with Gasteiger partial charge >= 0.3 is 0 Å². The van der Waals surface area contributed by atoms with E-state index in [-0.39, 0.29) is 5.02 Å². The number of halogens is 2. The van der Waals surface area contributed by atoms with Crippen molar-refractivity contribution in [2.24, 2.45) is 0 Å². The first-order valence-electron chi connectivity index (χ1n) is 4.03. The number of benzene rings is 1. The van der Waals surface area contributed by atoms with E-state index >= 15 is 0 Å². The third-order valence-corrected chi connectivity index (χ3v) is 2.32. The van der Waals surface area contributed by atoms with E-state index in [9.17, 15) is 4.39 Å². The van der Waals surface area contributed by atoms with Gasteiger partial charge in [-0.15, -0.1) is 0 Å². The van der Waals surface area contributed by atoms with E-state index in [4.69, 9.17) is 21.6 Å². The maximum Gasteiger partial charge on any atom is 0.142 e. The van der Waals surface area contributed by atoms with Gasteiger partial charge in [0.1, 0.15) is 11.6 Å². The zero-order valence-corrected chi connectivity index (χ0v) is 8.60. The first kappa shape index (κ1) is 10.8. The van der Waals surface area contributed by atoms with Gasteiger partial charge in [0.15, 0.2) is 0 Å². The van der Waals surface area contributed by atoms with Gasteiger partial charge in [0, 0.05) is 5.56 Å². The number of ether oxygens (including phenoxy) is 1. The summed E-state index contributed by atoms with van der Waals surface area (Å²) in [6.45, 7) is 1.64. The molecule has 0 aliphatic rings. The van der Waals surface area contributed by atoms with Gasteiger partial charge in [-0.05, 0) is 19.1 Å². The molecule has 0 aliphatic heterocycles. The minimum absolute atomic E-state index is 0.0431. The summed E-state index contributed by atoms with van der Waals surface area (Å²) in [7, 11) is 1.46. The Hall–Kier alpha value is -1.27. The Morgan fingerprint density at radius 3 is 2.71 bits per heavy atom. The zero-order chi connectivity index (χ0) is 10.7. The Bertz CT molecular complexity index is 386. The number of hydrogen-bond acceptors (Lipinski definition) is 2. The first-order chi connectivity index (χ1) is 6.61. The second kappa shape index (κ2) is 4.30. The van der Waals surface area contributed by atoms with Crippen molar-refractivity contribution in [2.75, 3.05) is 7.11 Å². The normalized spacial score (nSPS) is 11.9. The Morgan fingerprint density at radius 1 is 1.57 bits per heavy atom. The van der Waals surface area contributed by atoms with Crippen LogP contribution in [0.2, 0.25) is 5.02 Å². The fourth-order valence-electron chi connectivity index (χ4n) is 1.19. The van der Waals surface area contributed by atoms with Crippen LogP contribution in [0.25, 0.3) is 0 Å². The SMILES string of the molecule is COc1ccc(F)c(Cl)c1C(C)C#N. The molecule has 1 aromatic carbocycles. The molecule has 0 spiro atoms. The van der Waals surface area contributed by atoms with Crippen molar-refractivity contribution in [2.45, 2.75) is 12.8 Å². The van der Waals surface area contributed by atoms with Gasteiger partial charge in [0.2, 0.25) is 0 Å². The Kier molecular flexibility index (Phi) is 3.32. The third-order valence-electron chi connectivity index (χ3n) is 1.94. The molecule has 0 amide bonds.